The highest BCUT2D eigenvalue weighted by atomic mass is 19.4. The summed E-state index contributed by atoms with van der Waals surface area (Å²) in [4.78, 5) is 17.2. The Hall–Kier alpha value is -1.73. The van der Waals surface area contributed by atoms with E-state index in [0.717, 1.165) is 6.33 Å². The molecule has 0 amide bonds. The molecule has 0 bridgehead atoms. The zero-order valence-corrected chi connectivity index (χ0v) is 9.26. The van der Waals surface area contributed by atoms with Crippen LogP contribution in [-0.4, -0.2) is 29.3 Å². The first-order valence-corrected chi connectivity index (χ1v) is 4.78. The van der Waals surface area contributed by atoms with Gasteiger partial charge in [0.1, 0.15) is 0 Å². The average molecular weight is 251 g/mol. The number of hydrogen-bond donors (Lipinski definition) is 2. The molecule has 2 N–H and O–H groups in total. The summed E-state index contributed by atoms with van der Waals surface area (Å²) in [5.41, 5.74) is -0.552. The summed E-state index contributed by atoms with van der Waals surface area (Å²) in [6.07, 6.45) is -4.21. The SMILES string of the molecule is COc1c(NC(C)CC(F)(F)F)nc[nH]c1=O. The van der Waals surface area contributed by atoms with Gasteiger partial charge in [0, 0.05) is 6.04 Å². The number of anilines is 1. The van der Waals surface area contributed by atoms with E-state index >= 15 is 0 Å². The molecule has 0 aromatic carbocycles. The van der Waals surface area contributed by atoms with Crippen molar-refractivity contribution in [2.75, 3.05) is 12.4 Å². The van der Waals surface area contributed by atoms with Crippen LogP contribution in [0.5, 0.6) is 5.75 Å². The number of alkyl halides is 3. The maximum Gasteiger partial charge on any atom is 0.391 e. The molecule has 0 aliphatic carbocycles. The van der Waals surface area contributed by atoms with Crippen molar-refractivity contribution in [2.45, 2.75) is 25.6 Å². The summed E-state index contributed by atoms with van der Waals surface area (Å²) in [5, 5.41) is 2.48. The van der Waals surface area contributed by atoms with E-state index < -0.39 is 24.2 Å². The molecule has 0 saturated heterocycles. The van der Waals surface area contributed by atoms with E-state index in [2.05, 4.69) is 15.3 Å². The lowest BCUT2D eigenvalue weighted by atomic mass is 10.2. The van der Waals surface area contributed by atoms with Crippen molar-refractivity contribution in [1.82, 2.24) is 9.97 Å². The van der Waals surface area contributed by atoms with Crippen molar-refractivity contribution < 1.29 is 17.9 Å². The fourth-order valence-electron chi connectivity index (χ4n) is 1.31. The largest absolute Gasteiger partial charge is 0.489 e. The van der Waals surface area contributed by atoms with E-state index in [4.69, 9.17) is 4.74 Å². The minimum atomic E-state index is -4.28. The smallest absolute Gasteiger partial charge is 0.391 e. The Morgan fingerprint density at radius 1 is 1.59 bits per heavy atom. The second kappa shape index (κ2) is 5.07. The molecule has 5 nitrogen and oxygen atoms in total. The van der Waals surface area contributed by atoms with Crippen LogP contribution in [0.1, 0.15) is 13.3 Å². The van der Waals surface area contributed by atoms with Gasteiger partial charge in [0.2, 0.25) is 5.75 Å². The first kappa shape index (κ1) is 13.3. The minimum Gasteiger partial charge on any atom is -0.489 e. The molecule has 96 valence electrons. The number of hydrogen-bond acceptors (Lipinski definition) is 4. The lowest BCUT2D eigenvalue weighted by molar-refractivity contribution is -0.136. The van der Waals surface area contributed by atoms with Gasteiger partial charge in [-0.3, -0.25) is 4.79 Å². The van der Waals surface area contributed by atoms with Gasteiger partial charge >= 0.3 is 6.18 Å². The van der Waals surface area contributed by atoms with E-state index in [9.17, 15) is 18.0 Å². The Balaban J connectivity index is 2.82. The van der Waals surface area contributed by atoms with E-state index in [1.54, 1.807) is 0 Å². The molecular formula is C9H12F3N3O2. The van der Waals surface area contributed by atoms with Gasteiger partial charge < -0.3 is 15.0 Å². The van der Waals surface area contributed by atoms with Gasteiger partial charge in [0.05, 0.1) is 19.9 Å². The number of halogens is 3. The summed E-state index contributed by atoms with van der Waals surface area (Å²) >= 11 is 0. The predicted octanol–water partition coefficient (Wildman–Crippen LogP) is 1.53. The van der Waals surface area contributed by atoms with Gasteiger partial charge in [-0.25, -0.2) is 4.98 Å². The van der Waals surface area contributed by atoms with Gasteiger partial charge in [-0.05, 0) is 6.92 Å². The highest BCUT2D eigenvalue weighted by molar-refractivity contribution is 5.48. The Labute approximate surface area is 95.0 Å². The first-order chi connectivity index (χ1) is 7.83. The van der Waals surface area contributed by atoms with Crippen LogP contribution in [0.4, 0.5) is 19.0 Å². The Kier molecular flexibility index (Phi) is 3.97. The molecule has 0 radical (unpaired) electrons. The van der Waals surface area contributed by atoms with Gasteiger partial charge in [0.25, 0.3) is 5.56 Å². The van der Waals surface area contributed by atoms with E-state index in [1.807, 2.05) is 0 Å². The summed E-state index contributed by atoms with van der Waals surface area (Å²) in [6, 6.07) is -0.904. The maximum atomic E-state index is 12.1. The Morgan fingerprint density at radius 2 is 2.24 bits per heavy atom. The van der Waals surface area contributed by atoms with Crippen LogP contribution in [0.2, 0.25) is 0 Å². The fourth-order valence-corrected chi connectivity index (χ4v) is 1.31. The highest BCUT2D eigenvalue weighted by Crippen LogP contribution is 2.24. The second-order valence-corrected chi connectivity index (χ2v) is 3.48. The second-order valence-electron chi connectivity index (χ2n) is 3.48. The first-order valence-electron chi connectivity index (χ1n) is 4.78. The molecule has 0 spiro atoms. The Bertz CT molecular complexity index is 430. The monoisotopic (exact) mass is 251 g/mol. The molecule has 1 aromatic heterocycles. The maximum absolute atomic E-state index is 12.1. The number of H-pyrrole nitrogens is 1. The van der Waals surface area contributed by atoms with Crippen LogP contribution >= 0.6 is 0 Å². The number of aromatic amines is 1. The number of nitrogens with one attached hydrogen (secondary N) is 2. The van der Waals surface area contributed by atoms with Crippen LogP contribution in [0.15, 0.2) is 11.1 Å². The molecule has 8 heteroatoms. The lowest BCUT2D eigenvalue weighted by Gasteiger charge is -2.17. The molecule has 0 aliphatic rings. The van der Waals surface area contributed by atoms with Crippen molar-refractivity contribution >= 4 is 5.82 Å². The van der Waals surface area contributed by atoms with E-state index in [-0.39, 0.29) is 11.6 Å². The van der Waals surface area contributed by atoms with Gasteiger partial charge in [-0.2, -0.15) is 13.2 Å². The number of methoxy groups -OCH3 is 1. The molecule has 0 fully saturated rings. The molecule has 1 atom stereocenters. The highest BCUT2D eigenvalue weighted by Gasteiger charge is 2.30. The normalized spacial score (nSPS) is 13.2. The van der Waals surface area contributed by atoms with Crippen molar-refractivity contribution in [3.8, 4) is 5.75 Å². The van der Waals surface area contributed by atoms with Gasteiger partial charge in [-0.1, -0.05) is 0 Å². The predicted molar refractivity (Wildman–Crippen MR) is 55.2 cm³/mol. The minimum absolute atomic E-state index is 0.00648. The third kappa shape index (κ3) is 3.97. The number of rotatable bonds is 4. The summed E-state index contributed by atoms with van der Waals surface area (Å²) in [7, 11) is 1.24. The van der Waals surface area contributed by atoms with Crippen LogP contribution in [0.25, 0.3) is 0 Å². The fraction of sp³-hybridized carbons (Fsp3) is 0.556. The molecular weight excluding hydrogens is 239 g/mol. The average Bonchev–Trinajstić information content (AvgIpc) is 2.14. The third-order valence-electron chi connectivity index (χ3n) is 1.94. The number of aromatic nitrogens is 2. The van der Waals surface area contributed by atoms with Crippen molar-refractivity contribution in [3.63, 3.8) is 0 Å². The number of nitrogens with zero attached hydrogens (tertiary/aromatic N) is 1. The number of ether oxygens (including phenoxy) is 1. The topological polar surface area (TPSA) is 67.0 Å². The van der Waals surface area contributed by atoms with E-state index in [1.165, 1.54) is 14.0 Å². The molecule has 0 saturated carbocycles. The molecule has 1 unspecified atom stereocenters. The van der Waals surface area contributed by atoms with Crippen molar-refractivity contribution in [2.24, 2.45) is 0 Å². The summed E-state index contributed by atoms with van der Waals surface area (Å²) < 4.78 is 41.1. The van der Waals surface area contributed by atoms with E-state index in [0.29, 0.717) is 0 Å². The van der Waals surface area contributed by atoms with Crippen molar-refractivity contribution in [3.05, 3.63) is 16.7 Å². The lowest BCUT2D eigenvalue weighted by Crippen LogP contribution is -2.25. The molecule has 1 aromatic rings. The van der Waals surface area contributed by atoms with Crippen LogP contribution in [0.3, 0.4) is 0 Å². The third-order valence-corrected chi connectivity index (χ3v) is 1.94. The summed E-state index contributed by atoms with van der Waals surface area (Å²) in [6.45, 7) is 1.34. The van der Waals surface area contributed by atoms with Gasteiger partial charge in [-0.15, -0.1) is 0 Å². The van der Waals surface area contributed by atoms with Gasteiger partial charge in [0.15, 0.2) is 5.82 Å². The quantitative estimate of drug-likeness (QED) is 0.851. The van der Waals surface area contributed by atoms with Crippen LogP contribution in [-0.2, 0) is 0 Å². The standard InChI is InChI=1S/C9H12F3N3O2/c1-5(3-9(10,11)12)15-7-6(17-2)8(16)14-4-13-7/h4-5H,3H2,1-2H3,(H2,13,14,15,16). The van der Waals surface area contributed by atoms with Crippen LogP contribution < -0.4 is 15.6 Å². The molecule has 1 rings (SSSR count). The van der Waals surface area contributed by atoms with Crippen molar-refractivity contribution in [1.29, 1.82) is 0 Å². The zero-order chi connectivity index (χ0) is 13.1. The molecule has 0 aliphatic heterocycles. The van der Waals surface area contributed by atoms with Crippen LogP contribution in [0, 0.1) is 0 Å². The Morgan fingerprint density at radius 3 is 2.76 bits per heavy atom. The molecule has 1 heterocycles. The molecule has 17 heavy (non-hydrogen) atoms. The zero-order valence-electron chi connectivity index (χ0n) is 9.26. The summed E-state index contributed by atoms with van der Waals surface area (Å²) in [5.74, 6) is -0.144.